The van der Waals surface area contributed by atoms with Gasteiger partial charge in [-0.05, 0) is 19.9 Å². The Kier molecular flexibility index (Phi) is 5.05. The number of amides is 1. The van der Waals surface area contributed by atoms with E-state index in [4.69, 9.17) is 4.42 Å². The molecule has 122 valence electrons. The summed E-state index contributed by atoms with van der Waals surface area (Å²) in [5.41, 5.74) is 1.41. The summed E-state index contributed by atoms with van der Waals surface area (Å²) in [4.78, 5) is 12.2. The molecule has 0 atom stereocenters. The van der Waals surface area contributed by atoms with Gasteiger partial charge in [0.25, 0.3) is 15.9 Å². The lowest BCUT2D eigenvalue weighted by atomic mass is 10.1. The number of carbonyl (C=O) groups excluding carboxylic acids is 1. The van der Waals surface area contributed by atoms with E-state index in [1.165, 1.54) is 20.2 Å². The van der Waals surface area contributed by atoms with Gasteiger partial charge in [-0.25, -0.2) is 12.7 Å². The van der Waals surface area contributed by atoms with Crippen LogP contribution in [0.3, 0.4) is 0 Å². The molecule has 1 aliphatic heterocycles. The zero-order valence-electron chi connectivity index (χ0n) is 13.0. The van der Waals surface area contributed by atoms with E-state index in [1.807, 2.05) is 6.08 Å². The minimum atomic E-state index is -3.68. The molecular weight excluding hydrogens is 306 g/mol. The molecule has 8 heteroatoms. The van der Waals surface area contributed by atoms with Crippen molar-refractivity contribution in [3.8, 4) is 0 Å². The fourth-order valence-electron chi connectivity index (χ4n) is 2.11. The molecule has 0 aliphatic carbocycles. The molecule has 0 bridgehead atoms. The van der Waals surface area contributed by atoms with Crippen LogP contribution in [-0.2, 0) is 10.0 Å². The second kappa shape index (κ2) is 6.64. The normalized spacial score (nSPS) is 15.7. The van der Waals surface area contributed by atoms with Gasteiger partial charge in [0, 0.05) is 33.3 Å². The topological polar surface area (TPSA) is 91.7 Å². The Labute approximate surface area is 130 Å². The van der Waals surface area contributed by atoms with Crippen LogP contribution in [0.5, 0.6) is 0 Å². The lowest BCUT2D eigenvalue weighted by molar-refractivity contribution is 0.0955. The second-order valence-electron chi connectivity index (χ2n) is 5.32. The van der Waals surface area contributed by atoms with Gasteiger partial charge in [-0.2, -0.15) is 0 Å². The van der Waals surface area contributed by atoms with E-state index >= 15 is 0 Å². The van der Waals surface area contributed by atoms with E-state index in [9.17, 15) is 13.2 Å². The predicted molar refractivity (Wildman–Crippen MR) is 82.2 cm³/mol. The zero-order valence-corrected chi connectivity index (χ0v) is 13.8. The first-order chi connectivity index (χ1) is 10.3. The highest BCUT2D eigenvalue weighted by molar-refractivity contribution is 7.88. The maximum Gasteiger partial charge on any atom is 0.275 e. The smallest absolute Gasteiger partial charge is 0.275 e. The third kappa shape index (κ3) is 3.57. The Bertz CT molecular complexity index is 689. The van der Waals surface area contributed by atoms with Gasteiger partial charge >= 0.3 is 0 Å². The molecule has 2 N–H and O–H groups in total. The molecule has 0 radical (unpaired) electrons. The maximum absolute atomic E-state index is 12.2. The second-order valence-corrected chi connectivity index (χ2v) is 7.40. The van der Waals surface area contributed by atoms with Crippen LogP contribution >= 0.6 is 0 Å². The molecule has 0 saturated heterocycles. The number of nitrogens with zero attached hydrogens (tertiary/aromatic N) is 1. The number of furan rings is 1. The molecule has 0 fully saturated rings. The highest BCUT2D eigenvalue weighted by atomic mass is 32.2. The number of hydrogen-bond donors (Lipinski definition) is 2. The largest absolute Gasteiger partial charge is 0.448 e. The van der Waals surface area contributed by atoms with Crippen molar-refractivity contribution in [2.75, 3.05) is 33.7 Å². The van der Waals surface area contributed by atoms with E-state index in [1.54, 1.807) is 6.92 Å². The molecule has 22 heavy (non-hydrogen) atoms. The van der Waals surface area contributed by atoms with E-state index in [0.29, 0.717) is 6.54 Å². The average Bonchev–Trinajstić information content (AvgIpc) is 2.88. The Morgan fingerprint density at radius 2 is 2.18 bits per heavy atom. The van der Waals surface area contributed by atoms with Crippen LogP contribution < -0.4 is 10.6 Å². The number of sulfonamides is 1. The quantitative estimate of drug-likeness (QED) is 0.768. The van der Waals surface area contributed by atoms with Gasteiger partial charge in [0.1, 0.15) is 5.76 Å². The summed E-state index contributed by atoms with van der Waals surface area (Å²) in [6, 6.07) is 1.27. The van der Waals surface area contributed by atoms with Crippen LogP contribution in [0.15, 0.2) is 27.2 Å². The first-order valence-corrected chi connectivity index (χ1v) is 8.46. The molecule has 2 heterocycles. The molecule has 1 aromatic rings. The van der Waals surface area contributed by atoms with Crippen LogP contribution in [-0.4, -0.2) is 52.4 Å². The summed E-state index contributed by atoms with van der Waals surface area (Å²) in [6.45, 7) is 3.74. The Balaban J connectivity index is 2.10. The molecule has 0 spiro atoms. The third-order valence-corrected chi connectivity index (χ3v) is 5.18. The van der Waals surface area contributed by atoms with Crippen LogP contribution in [0, 0.1) is 6.92 Å². The molecule has 0 unspecified atom stereocenters. The molecule has 1 aromatic heterocycles. The number of carbonyl (C=O) groups is 1. The van der Waals surface area contributed by atoms with Gasteiger partial charge in [-0.1, -0.05) is 11.6 Å². The van der Waals surface area contributed by atoms with Gasteiger partial charge in [-0.15, -0.1) is 0 Å². The van der Waals surface area contributed by atoms with Crippen LogP contribution in [0.25, 0.3) is 0 Å². The summed E-state index contributed by atoms with van der Waals surface area (Å²) in [6.07, 6.45) is 2.94. The monoisotopic (exact) mass is 327 g/mol. The first-order valence-electron chi connectivity index (χ1n) is 7.02. The maximum atomic E-state index is 12.2. The van der Waals surface area contributed by atoms with Gasteiger partial charge in [-0.3, -0.25) is 4.79 Å². The number of hydrogen-bond acceptors (Lipinski definition) is 5. The average molecular weight is 327 g/mol. The molecular formula is C14H21N3O4S. The lowest BCUT2D eigenvalue weighted by Crippen LogP contribution is -2.29. The van der Waals surface area contributed by atoms with Crippen molar-refractivity contribution in [3.05, 3.63) is 29.0 Å². The minimum absolute atomic E-state index is 0.221. The summed E-state index contributed by atoms with van der Waals surface area (Å²) < 4.78 is 30.3. The number of nitrogens with one attached hydrogen (secondary N) is 2. The van der Waals surface area contributed by atoms with Gasteiger partial charge < -0.3 is 15.1 Å². The van der Waals surface area contributed by atoms with Gasteiger partial charge in [0.2, 0.25) is 5.09 Å². The summed E-state index contributed by atoms with van der Waals surface area (Å²) in [5.74, 6) is -0.0434. The third-order valence-electron chi connectivity index (χ3n) is 3.51. The van der Waals surface area contributed by atoms with Crippen molar-refractivity contribution < 1.29 is 17.6 Å². The molecule has 1 aliphatic rings. The van der Waals surface area contributed by atoms with Gasteiger partial charge in [0.15, 0.2) is 0 Å². The van der Waals surface area contributed by atoms with Crippen molar-refractivity contribution >= 4 is 15.9 Å². The Hall–Kier alpha value is -1.64. The van der Waals surface area contributed by atoms with Crippen molar-refractivity contribution in [2.24, 2.45) is 0 Å². The van der Waals surface area contributed by atoms with Crippen molar-refractivity contribution in [1.82, 2.24) is 14.9 Å². The predicted octanol–water partition coefficient (Wildman–Crippen LogP) is 0.488. The van der Waals surface area contributed by atoms with E-state index in [0.717, 1.165) is 29.4 Å². The highest BCUT2D eigenvalue weighted by Gasteiger charge is 2.25. The van der Waals surface area contributed by atoms with E-state index in [2.05, 4.69) is 10.6 Å². The van der Waals surface area contributed by atoms with E-state index in [-0.39, 0.29) is 22.3 Å². The van der Waals surface area contributed by atoms with Crippen molar-refractivity contribution in [2.45, 2.75) is 18.4 Å². The Morgan fingerprint density at radius 1 is 1.45 bits per heavy atom. The van der Waals surface area contributed by atoms with Crippen molar-refractivity contribution in [3.63, 3.8) is 0 Å². The molecule has 7 nitrogen and oxygen atoms in total. The summed E-state index contributed by atoms with van der Waals surface area (Å²) in [5, 5.41) is 5.78. The first kappa shape index (κ1) is 16.7. The molecule has 1 amide bonds. The summed E-state index contributed by atoms with van der Waals surface area (Å²) in [7, 11) is -0.854. The molecule has 2 rings (SSSR count). The van der Waals surface area contributed by atoms with E-state index < -0.39 is 10.0 Å². The Morgan fingerprint density at radius 3 is 2.77 bits per heavy atom. The van der Waals surface area contributed by atoms with Gasteiger partial charge in [0.05, 0.1) is 5.56 Å². The standard InChI is InChI=1S/C14H21N3O4S/c1-10-12(8-13(21-10)22(19,20)17(2)3)14(18)16-9-11-4-6-15-7-5-11/h4,8,15H,5-7,9H2,1-3H3,(H,16,18). The molecule has 0 saturated carbocycles. The zero-order chi connectivity index (χ0) is 16.3. The molecule has 0 aromatic carbocycles. The minimum Gasteiger partial charge on any atom is -0.448 e. The number of rotatable bonds is 5. The lowest BCUT2D eigenvalue weighted by Gasteiger charge is -2.14. The summed E-state index contributed by atoms with van der Waals surface area (Å²) >= 11 is 0. The fraction of sp³-hybridized carbons (Fsp3) is 0.500. The number of aryl methyl sites for hydroxylation is 1. The van der Waals surface area contributed by atoms with Crippen molar-refractivity contribution in [1.29, 1.82) is 0 Å². The fourth-order valence-corrected chi connectivity index (χ4v) is 2.96. The highest BCUT2D eigenvalue weighted by Crippen LogP contribution is 2.21. The van der Waals surface area contributed by atoms with Crippen LogP contribution in [0.1, 0.15) is 22.5 Å². The van der Waals surface area contributed by atoms with Crippen LogP contribution in [0.2, 0.25) is 0 Å². The van der Waals surface area contributed by atoms with Crippen LogP contribution in [0.4, 0.5) is 0 Å². The SMILES string of the molecule is Cc1oc(S(=O)(=O)N(C)C)cc1C(=O)NCC1=CCNCC1.